The molecule has 0 amide bonds. The van der Waals surface area contributed by atoms with Gasteiger partial charge < -0.3 is 4.74 Å². The highest BCUT2D eigenvalue weighted by Crippen LogP contribution is 2.37. The monoisotopic (exact) mass is 248 g/mol. The van der Waals surface area contributed by atoms with Crippen LogP contribution in [0.15, 0.2) is 24.3 Å². The van der Waals surface area contributed by atoms with Crippen LogP contribution in [0.2, 0.25) is 0 Å². The van der Waals surface area contributed by atoms with Crippen LogP contribution in [0.5, 0.6) is 5.75 Å². The zero-order valence-electron chi connectivity index (χ0n) is 11.2. The normalized spacial score (nSPS) is 16.6. The third-order valence-corrected chi connectivity index (χ3v) is 3.52. The molecule has 1 saturated carbocycles. The maximum atomic E-state index is 5.66. The number of unbranched alkanes of at least 4 members (excludes halogenated alkanes) is 1. The van der Waals surface area contributed by atoms with Crippen molar-refractivity contribution >= 4 is 0 Å². The van der Waals surface area contributed by atoms with Crippen molar-refractivity contribution in [2.75, 3.05) is 6.61 Å². The summed E-state index contributed by atoms with van der Waals surface area (Å²) in [7, 11) is 0. The van der Waals surface area contributed by atoms with Gasteiger partial charge in [0, 0.05) is 6.04 Å². The summed E-state index contributed by atoms with van der Waals surface area (Å²) < 4.78 is 5.66. The second kappa shape index (κ2) is 6.76. The maximum absolute atomic E-state index is 5.66. The number of hydrogen-bond acceptors (Lipinski definition) is 3. The van der Waals surface area contributed by atoms with E-state index in [1.165, 1.54) is 24.8 Å². The first-order chi connectivity index (χ1) is 8.83. The lowest BCUT2D eigenvalue weighted by Gasteiger charge is -2.16. The Morgan fingerprint density at radius 2 is 2.06 bits per heavy atom. The zero-order chi connectivity index (χ0) is 12.8. The van der Waals surface area contributed by atoms with Crippen LogP contribution in [0.3, 0.4) is 0 Å². The van der Waals surface area contributed by atoms with Crippen molar-refractivity contribution in [3.8, 4) is 5.75 Å². The van der Waals surface area contributed by atoms with E-state index in [2.05, 4.69) is 24.5 Å². The Morgan fingerprint density at radius 1 is 1.33 bits per heavy atom. The van der Waals surface area contributed by atoms with Crippen molar-refractivity contribution in [3.63, 3.8) is 0 Å². The lowest BCUT2D eigenvalue weighted by Crippen LogP contribution is -2.28. The van der Waals surface area contributed by atoms with Crippen LogP contribution in [0.25, 0.3) is 0 Å². The average molecular weight is 248 g/mol. The molecule has 1 atom stereocenters. The highest BCUT2D eigenvalue weighted by Gasteiger charge is 2.25. The van der Waals surface area contributed by atoms with Gasteiger partial charge >= 0.3 is 0 Å². The first kappa shape index (κ1) is 13.4. The number of ether oxygens (including phenoxy) is 1. The second-order valence-corrected chi connectivity index (χ2v) is 5.17. The van der Waals surface area contributed by atoms with Crippen molar-refractivity contribution in [2.24, 2.45) is 11.8 Å². The smallest absolute Gasteiger partial charge is 0.119 e. The standard InChI is InChI=1S/C15H24N2O/c1-2-3-10-18-14-8-6-13(7-9-14)15(17-16)11-12-4-5-12/h6-9,12,15,17H,2-5,10-11,16H2,1H3. The second-order valence-electron chi connectivity index (χ2n) is 5.17. The van der Waals surface area contributed by atoms with E-state index >= 15 is 0 Å². The van der Waals surface area contributed by atoms with Crippen molar-refractivity contribution < 1.29 is 4.74 Å². The first-order valence-corrected chi connectivity index (χ1v) is 7.02. The highest BCUT2D eigenvalue weighted by molar-refractivity contribution is 5.29. The van der Waals surface area contributed by atoms with Crippen LogP contribution in [-0.4, -0.2) is 6.61 Å². The molecule has 1 aliphatic rings. The van der Waals surface area contributed by atoms with Gasteiger partial charge in [0.1, 0.15) is 5.75 Å². The average Bonchev–Trinajstić information content (AvgIpc) is 3.21. The third-order valence-electron chi connectivity index (χ3n) is 3.52. The fraction of sp³-hybridized carbons (Fsp3) is 0.600. The molecule has 0 spiro atoms. The van der Waals surface area contributed by atoms with E-state index in [0.717, 1.165) is 31.1 Å². The van der Waals surface area contributed by atoms with Crippen LogP contribution in [-0.2, 0) is 0 Å². The molecular formula is C15H24N2O. The number of rotatable bonds is 8. The van der Waals surface area contributed by atoms with Gasteiger partial charge in [-0.15, -0.1) is 0 Å². The molecular weight excluding hydrogens is 224 g/mol. The van der Waals surface area contributed by atoms with Gasteiger partial charge in [0.15, 0.2) is 0 Å². The van der Waals surface area contributed by atoms with Crippen LogP contribution in [0.1, 0.15) is 50.6 Å². The van der Waals surface area contributed by atoms with Crippen LogP contribution >= 0.6 is 0 Å². The Labute approximate surface area is 110 Å². The number of hydrogen-bond donors (Lipinski definition) is 2. The Balaban J connectivity index is 1.88. The maximum Gasteiger partial charge on any atom is 0.119 e. The molecule has 18 heavy (non-hydrogen) atoms. The van der Waals surface area contributed by atoms with Gasteiger partial charge in [-0.05, 0) is 36.5 Å². The van der Waals surface area contributed by atoms with E-state index in [1.54, 1.807) is 0 Å². The van der Waals surface area contributed by atoms with Crippen LogP contribution in [0, 0.1) is 5.92 Å². The topological polar surface area (TPSA) is 47.3 Å². The summed E-state index contributed by atoms with van der Waals surface area (Å²) in [6.45, 7) is 2.97. The Morgan fingerprint density at radius 3 is 2.61 bits per heavy atom. The zero-order valence-corrected chi connectivity index (χ0v) is 11.2. The van der Waals surface area contributed by atoms with Gasteiger partial charge in [0.2, 0.25) is 0 Å². The fourth-order valence-electron chi connectivity index (χ4n) is 2.12. The Hall–Kier alpha value is -1.06. The minimum Gasteiger partial charge on any atom is -0.494 e. The van der Waals surface area contributed by atoms with Gasteiger partial charge in [0.05, 0.1) is 6.61 Å². The van der Waals surface area contributed by atoms with Gasteiger partial charge in [-0.1, -0.05) is 38.3 Å². The largest absolute Gasteiger partial charge is 0.494 e. The van der Waals surface area contributed by atoms with E-state index in [-0.39, 0.29) is 6.04 Å². The van der Waals surface area contributed by atoms with Crippen LogP contribution < -0.4 is 16.0 Å². The van der Waals surface area contributed by atoms with E-state index in [0.29, 0.717) is 0 Å². The quantitative estimate of drug-likeness (QED) is 0.422. The van der Waals surface area contributed by atoms with E-state index in [9.17, 15) is 0 Å². The van der Waals surface area contributed by atoms with Gasteiger partial charge in [-0.3, -0.25) is 11.3 Å². The lowest BCUT2D eigenvalue weighted by atomic mass is 10.0. The minimum atomic E-state index is 0.280. The highest BCUT2D eigenvalue weighted by atomic mass is 16.5. The predicted octanol–water partition coefficient (Wildman–Crippen LogP) is 3.17. The van der Waals surface area contributed by atoms with Crippen molar-refractivity contribution in [1.82, 2.24) is 5.43 Å². The molecule has 3 nitrogen and oxygen atoms in total. The first-order valence-electron chi connectivity index (χ1n) is 7.02. The molecule has 1 fully saturated rings. The molecule has 0 radical (unpaired) electrons. The number of hydrazine groups is 1. The summed E-state index contributed by atoms with van der Waals surface area (Å²) in [5, 5.41) is 0. The molecule has 1 unspecified atom stereocenters. The predicted molar refractivity (Wildman–Crippen MR) is 74.3 cm³/mol. The molecule has 0 heterocycles. The van der Waals surface area contributed by atoms with Gasteiger partial charge in [-0.2, -0.15) is 0 Å². The Kier molecular flexibility index (Phi) is 5.02. The third kappa shape index (κ3) is 4.00. The SMILES string of the molecule is CCCCOc1ccc(C(CC2CC2)NN)cc1. The number of nitrogens with one attached hydrogen (secondary N) is 1. The molecule has 0 bridgehead atoms. The van der Waals surface area contributed by atoms with Crippen molar-refractivity contribution in [1.29, 1.82) is 0 Å². The molecule has 100 valence electrons. The molecule has 0 saturated heterocycles. The summed E-state index contributed by atoms with van der Waals surface area (Å²) in [5.74, 6) is 7.46. The lowest BCUT2D eigenvalue weighted by molar-refractivity contribution is 0.309. The molecule has 3 heteroatoms. The summed E-state index contributed by atoms with van der Waals surface area (Å²) >= 11 is 0. The molecule has 1 aromatic rings. The summed E-state index contributed by atoms with van der Waals surface area (Å²) in [4.78, 5) is 0. The van der Waals surface area contributed by atoms with E-state index < -0.39 is 0 Å². The molecule has 0 aromatic heterocycles. The number of nitrogens with two attached hydrogens (primary N) is 1. The molecule has 3 N–H and O–H groups in total. The molecule has 0 aliphatic heterocycles. The van der Waals surface area contributed by atoms with E-state index in [4.69, 9.17) is 10.6 Å². The van der Waals surface area contributed by atoms with Gasteiger partial charge in [0.25, 0.3) is 0 Å². The van der Waals surface area contributed by atoms with E-state index in [1.807, 2.05) is 12.1 Å². The fourth-order valence-corrected chi connectivity index (χ4v) is 2.12. The summed E-state index contributed by atoms with van der Waals surface area (Å²) in [6.07, 6.45) is 6.13. The summed E-state index contributed by atoms with van der Waals surface area (Å²) in [5.41, 5.74) is 4.18. The van der Waals surface area contributed by atoms with Crippen molar-refractivity contribution in [3.05, 3.63) is 29.8 Å². The number of benzene rings is 1. The van der Waals surface area contributed by atoms with Gasteiger partial charge in [-0.25, -0.2) is 0 Å². The van der Waals surface area contributed by atoms with Crippen molar-refractivity contribution in [2.45, 2.75) is 45.1 Å². The summed E-state index contributed by atoms with van der Waals surface area (Å²) in [6, 6.07) is 8.61. The van der Waals surface area contributed by atoms with Crippen LogP contribution in [0.4, 0.5) is 0 Å². The minimum absolute atomic E-state index is 0.280. The molecule has 2 rings (SSSR count). The molecule has 1 aliphatic carbocycles. The molecule has 1 aromatic carbocycles. The Bertz CT molecular complexity index is 346.